The molecule has 20 heavy (non-hydrogen) atoms. The molecule has 2 rings (SSSR count). The molecule has 0 aliphatic heterocycles. The Balaban J connectivity index is 2.42. The first-order chi connectivity index (χ1) is 9.52. The van der Waals surface area contributed by atoms with Gasteiger partial charge in [0.2, 0.25) is 0 Å². The van der Waals surface area contributed by atoms with Crippen LogP contribution >= 0.6 is 27.5 Å². The zero-order valence-corrected chi connectivity index (χ0v) is 14.6. The van der Waals surface area contributed by atoms with Crippen LogP contribution in [0, 0.1) is 0 Å². The number of alkyl halides is 1. The predicted octanol–water partition coefficient (Wildman–Crippen LogP) is 3.30. The third kappa shape index (κ3) is 3.59. The maximum Gasteiger partial charge on any atom is 0.160 e. The number of aryl methyl sites for hydroxylation is 1. The Morgan fingerprint density at radius 1 is 1.55 bits per heavy atom. The number of pyridine rings is 1. The van der Waals surface area contributed by atoms with Gasteiger partial charge in [-0.3, -0.25) is 4.21 Å². The highest BCUT2D eigenvalue weighted by atomic mass is 79.9. The largest absolute Gasteiger partial charge is 0.310 e. The minimum Gasteiger partial charge on any atom is -0.310 e. The van der Waals surface area contributed by atoms with E-state index in [9.17, 15) is 4.21 Å². The number of aromatic nitrogens is 3. The summed E-state index contributed by atoms with van der Waals surface area (Å²) in [4.78, 5) is 9.09. The van der Waals surface area contributed by atoms with Crippen LogP contribution < -0.4 is 0 Å². The zero-order chi connectivity index (χ0) is 14.7. The van der Waals surface area contributed by atoms with Gasteiger partial charge in [-0.05, 0) is 35.3 Å². The first-order valence-electron chi connectivity index (χ1n) is 6.41. The minimum absolute atomic E-state index is 0.204. The lowest BCUT2D eigenvalue weighted by atomic mass is 10.2. The van der Waals surface area contributed by atoms with Crippen LogP contribution in [0.15, 0.2) is 16.7 Å². The van der Waals surface area contributed by atoms with Crippen LogP contribution in [0.1, 0.15) is 25.2 Å². The lowest BCUT2D eigenvalue weighted by molar-refractivity contribution is 0.522. The molecule has 0 fully saturated rings. The van der Waals surface area contributed by atoms with Crippen molar-refractivity contribution < 1.29 is 4.21 Å². The molecule has 4 nitrogen and oxygen atoms in total. The van der Waals surface area contributed by atoms with Gasteiger partial charge in [0, 0.05) is 51.8 Å². The van der Waals surface area contributed by atoms with Crippen molar-refractivity contribution >= 4 is 49.5 Å². The van der Waals surface area contributed by atoms with Crippen molar-refractivity contribution in [3.05, 3.63) is 22.6 Å². The van der Waals surface area contributed by atoms with Crippen molar-refractivity contribution in [2.75, 3.05) is 17.9 Å². The monoisotopic (exact) mass is 377 g/mol. The van der Waals surface area contributed by atoms with Crippen LogP contribution in [0.25, 0.3) is 11.2 Å². The molecule has 2 aromatic rings. The number of nitrogens with zero attached hydrogens (tertiary/aromatic N) is 3. The van der Waals surface area contributed by atoms with Gasteiger partial charge < -0.3 is 4.57 Å². The Morgan fingerprint density at radius 3 is 2.95 bits per heavy atom. The molecule has 0 aromatic carbocycles. The van der Waals surface area contributed by atoms with Crippen LogP contribution in [0.4, 0.5) is 0 Å². The molecule has 0 aliphatic rings. The molecular formula is C13H17BrClN3OS. The average molecular weight is 379 g/mol. The number of rotatable bonds is 6. The van der Waals surface area contributed by atoms with Gasteiger partial charge in [0.05, 0.1) is 0 Å². The highest BCUT2D eigenvalue weighted by Crippen LogP contribution is 2.24. The summed E-state index contributed by atoms with van der Waals surface area (Å²) in [5, 5.41) is 0. The Morgan fingerprint density at radius 2 is 2.30 bits per heavy atom. The number of hydrogen-bond acceptors (Lipinski definition) is 3. The van der Waals surface area contributed by atoms with Crippen molar-refractivity contribution in [3.8, 4) is 0 Å². The van der Waals surface area contributed by atoms with Crippen molar-refractivity contribution in [2.24, 2.45) is 0 Å². The molecule has 2 atom stereocenters. The summed E-state index contributed by atoms with van der Waals surface area (Å²) in [5.41, 5.74) is 1.73. The fraction of sp³-hybridized carbons (Fsp3) is 0.538. The third-order valence-electron chi connectivity index (χ3n) is 3.15. The summed E-state index contributed by atoms with van der Waals surface area (Å²) in [6, 6.07) is 2.16. The van der Waals surface area contributed by atoms with E-state index < -0.39 is 10.8 Å². The number of imidazole rings is 1. The van der Waals surface area contributed by atoms with Crippen LogP contribution in [0.5, 0.6) is 0 Å². The molecule has 2 heterocycles. The highest BCUT2D eigenvalue weighted by Gasteiger charge is 2.17. The van der Waals surface area contributed by atoms with Gasteiger partial charge in [-0.2, -0.15) is 0 Å². The summed E-state index contributed by atoms with van der Waals surface area (Å²) in [6.45, 7) is 2.11. The standard InChI is InChI=1S/C13H17BrClN3OS/c1-9(4-6-20(2)19)18-12(3-5-15)17-11-7-10(14)8-16-13(11)18/h7-9H,3-6H2,1-2H3. The van der Waals surface area contributed by atoms with Crippen LogP contribution in [-0.4, -0.2) is 36.6 Å². The molecule has 0 spiro atoms. The van der Waals surface area contributed by atoms with Crippen molar-refractivity contribution in [1.29, 1.82) is 0 Å². The van der Waals surface area contributed by atoms with Crippen LogP contribution in [-0.2, 0) is 17.2 Å². The highest BCUT2D eigenvalue weighted by molar-refractivity contribution is 9.10. The Bertz CT molecular complexity index is 631. The molecule has 7 heteroatoms. The normalized spacial score (nSPS) is 14.6. The van der Waals surface area contributed by atoms with Gasteiger partial charge in [-0.1, -0.05) is 0 Å². The maximum atomic E-state index is 11.3. The Hall–Kier alpha value is -0.460. The van der Waals surface area contributed by atoms with Gasteiger partial charge >= 0.3 is 0 Å². The molecule has 2 aromatic heterocycles. The molecule has 0 saturated heterocycles. The number of fused-ring (bicyclic) bond motifs is 1. The van der Waals surface area contributed by atoms with Crippen molar-refractivity contribution in [2.45, 2.75) is 25.8 Å². The first-order valence-corrected chi connectivity index (χ1v) is 9.46. The SMILES string of the molecule is CC(CCS(C)=O)n1c(CCCl)nc2cc(Br)cnc21. The molecular weight excluding hydrogens is 362 g/mol. The molecule has 0 amide bonds. The molecule has 0 bridgehead atoms. The van der Waals surface area contributed by atoms with E-state index in [4.69, 9.17) is 11.6 Å². The van der Waals surface area contributed by atoms with Crippen molar-refractivity contribution in [3.63, 3.8) is 0 Å². The van der Waals surface area contributed by atoms with E-state index in [1.54, 1.807) is 12.5 Å². The summed E-state index contributed by atoms with van der Waals surface area (Å²) in [7, 11) is -0.783. The minimum atomic E-state index is -0.783. The summed E-state index contributed by atoms with van der Waals surface area (Å²) < 4.78 is 14.3. The van der Waals surface area contributed by atoms with Gasteiger partial charge in [0.15, 0.2) is 5.65 Å². The van der Waals surface area contributed by atoms with E-state index in [1.807, 2.05) is 6.07 Å². The van der Waals surface area contributed by atoms with Gasteiger partial charge in [-0.15, -0.1) is 11.6 Å². The Kier molecular flexibility index (Phi) is 5.57. The molecule has 0 N–H and O–H groups in total. The average Bonchev–Trinajstić information content (AvgIpc) is 2.73. The second-order valence-electron chi connectivity index (χ2n) is 4.75. The second-order valence-corrected chi connectivity index (χ2v) is 7.60. The fourth-order valence-corrected chi connectivity index (χ4v) is 3.36. The zero-order valence-electron chi connectivity index (χ0n) is 11.5. The third-order valence-corrected chi connectivity index (χ3v) is 4.58. The summed E-state index contributed by atoms with van der Waals surface area (Å²) in [5.74, 6) is 2.14. The maximum absolute atomic E-state index is 11.3. The molecule has 2 unspecified atom stereocenters. The fourth-order valence-electron chi connectivity index (χ4n) is 2.19. The number of hydrogen-bond donors (Lipinski definition) is 0. The summed E-state index contributed by atoms with van der Waals surface area (Å²) in [6.07, 6.45) is 5.04. The summed E-state index contributed by atoms with van der Waals surface area (Å²) >= 11 is 9.28. The lowest BCUT2D eigenvalue weighted by Crippen LogP contribution is -2.13. The van der Waals surface area contributed by atoms with Crippen LogP contribution in [0.3, 0.4) is 0 Å². The molecule has 110 valence electrons. The van der Waals surface area contributed by atoms with Gasteiger partial charge in [0.25, 0.3) is 0 Å². The first kappa shape index (κ1) is 15.9. The van der Waals surface area contributed by atoms with Crippen molar-refractivity contribution in [1.82, 2.24) is 14.5 Å². The van der Waals surface area contributed by atoms with Gasteiger partial charge in [0.1, 0.15) is 11.3 Å². The van der Waals surface area contributed by atoms with Crippen LogP contribution in [0.2, 0.25) is 0 Å². The molecule has 0 radical (unpaired) electrons. The smallest absolute Gasteiger partial charge is 0.160 e. The van der Waals surface area contributed by atoms with E-state index in [0.717, 1.165) is 27.9 Å². The predicted molar refractivity (Wildman–Crippen MR) is 87.9 cm³/mol. The molecule has 0 saturated carbocycles. The second kappa shape index (κ2) is 7.00. The van der Waals surface area contributed by atoms with E-state index in [0.29, 0.717) is 18.1 Å². The van der Waals surface area contributed by atoms with Gasteiger partial charge in [-0.25, -0.2) is 9.97 Å². The molecule has 0 aliphatic carbocycles. The van der Waals surface area contributed by atoms with E-state index >= 15 is 0 Å². The Labute approximate surface area is 134 Å². The van der Waals surface area contributed by atoms with E-state index in [-0.39, 0.29) is 6.04 Å². The topological polar surface area (TPSA) is 47.8 Å². The van der Waals surface area contributed by atoms with E-state index in [2.05, 4.69) is 37.4 Å². The quantitative estimate of drug-likeness (QED) is 0.725. The lowest BCUT2D eigenvalue weighted by Gasteiger charge is -2.16. The number of halogens is 2. The van der Waals surface area contributed by atoms with E-state index in [1.165, 1.54) is 0 Å².